The van der Waals surface area contributed by atoms with E-state index in [-0.39, 0.29) is 22.8 Å². The Morgan fingerprint density at radius 2 is 2.23 bits per heavy atom. The zero-order valence-electron chi connectivity index (χ0n) is 8.47. The summed E-state index contributed by atoms with van der Waals surface area (Å²) < 4.78 is 5.25. The number of rotatable bonds is 5. The molecule has 0 aliphatic heterocycles. The van der Waals surface area contributed by atoms with Crippen LogP contribution in [0.2, 0.25) is 0 Å². The summed E-state index contributed by atoms with van der Waals surface area (Å²) >= 11 is 3.06. The van der Waals surface area contributed by atoms with Crippen LogP contribution in [-0.4, -0.2) is 17.4 Å². The van der Waals surface area contributed by atoms with Crippen molar-refractivity contribution in [2.24, 2.45) is 5.41 Å². The topological polar surface area (TPSA) is 26.3 Å². The van der Waals surface area contributed by atoms with Crippen LogP contribution in [0, 0.1) is 5.41 Å². The van der Waals surface area contributed by atoms with Gasteiger partial charge in [0, 0.05) is 5.41 Å². The van der Waals surface area contributed by atoms with Crippen LogP contribution in [0.3, 0.4) is 0 Å². The third-order valence-electron chi connectivity index (χ3n) is 2.11. The van der Waals surface area contributed by atoms with Crippen molar-refractivity contribution in [3.8, 4) is 0 Å². The fourth-order valence-electron chi connectivity index (χ4n) is 1.08. The number of carbonyl (C=O) groups excluding carboxylic acids is 1. The van der Waals surface area contributed by atoms with E-state index >= 15 is 0 Å². The van der Waals surface area contributed by atoms with Crippen LogP contribution < -0.4 is 0 Å². The van der Waals surface area contributed by atoms with Gasteiger partial charge in [-0.2, -0.15) is 0 Å². The van der Waals surface area contributed by atoms with Gasteiger partial charge in [0.2, 0.25) is 0 Å². The van der Waals surface area contributed by atoms with Crippen LogP contribution in [-0.2, 0) is 9.53 Å². The molecule has 0 N–H and O–H groups in total. The van der Waals surface area contributed by atoms with Gasteiger partial charge in [0.05, 0.1) is 0 Å². The zero-order chi connectivity index (χ0) is 10.5. The molecule has 13 heavy (non-hydrogen) atoms. The Hall–Kier alpha value is -0.310. The van der Waals surface area contributed by atoms with Gasteiger partial charge in [-0.3, -0.25) is 4.79 Å². The van der Waals surface area contributed by atoms with Crippen molar-refractivity contribution in [3.05, 3.63) is 12.7 Å². The van der Waals surface area contributed by atoms with Gasteiger partial charge in [0.1, 0.15) is 11.4 Å². The first-order valence-electron chi connectivity index (χ1n) is 4.37. The molecule has 1 atom stereocenters. The fraction of sp³-hybridized carbons (Fsp3) is 0.700. The van der Waals surface area contributed by atoms with Gasteiger partial charge in [-0.15, -0.1) is 6.58 Å². The second-order valence-corrected chi connectivity index (χ2v) is 4.11. The van der Waals surface area contributed by atoms with E-state index in [4.69, 9.17) is 4.74 Å². The highest BCUT2D eigenvalue weighted by molar-refractivity contribution is 9.09. The van der Waals surface area contributed by atoms with Gasteiger partial charge in [-0.05, 0) is 6.42 Å². The quantitative estimate of drug-likeness (QED) is 0.425. The van der Waals surface area contributed by atoms with Gasteiger partial charge < -0.3 is 4.74 Å². The molecule has 0 heterocycles. The van der Waals surface area contributed by atoms with Gasteiger partial charge in [-0.25, -0.2) is 0 Å². The summed E-state index contributed by atoms with van der Waals surface area (Å²) in [5.74, 6) is -0.221. The van der Waals surface area contributed by atoms with E-state index in [1.54, 1.807) is 0 Å². The number of ether oxygens (including phenoxy) is 1. The Kier molecular flexibility index (Phi) is 5.30. The molecule has 0 aliphatic carbocycles. The zero-order valence-corrected chi connectivity index (χ0v) is 10.1. The third kappa shape index (κ3) is 3.94. The first-order chi connectivity index (χ1) is 5.97. The van der Waals surface area contributed by atoms with Crippen molar-refractivity contribution >= 4 is 21.9 Å². The smallest absolute Gasteiger partial charge is 0.316 e. The molecule has 0 aromatic rings. The monoisotopic (exact) mass is 248 g/mol. The van der Waals surface area contributed by atoms with Crippen molar-refractivity contribution in [1.29, 1.82) is 0 Å². The van der Waals surface area contributed by atoms with Crippen LogP contribution >= 0.6 is 15.9 Å². The van der Waals surface area contributed by atoms with Gasteiger partial charge in [0.25, 0.3) is 0 Å². The van der Waals surface area contributed by atoms with Crippen molar-refractivity contribution < 1.29 is 9.53 Å². The predicted octanol–water partition coefficient (Wildman–Crippen LogP) is 2.92. The fourth-order valence-corrected chi connectivity index (χ4v) is 1.22. The lowest BCUT2D eigenvalue weighted by atomic mass is 9.85. The third-order valence-corrected chi connectivity index (χ3v) is 2.57. The van der Waals surface area contributed by atoms with E-state index in [2.05, 4.69) is 22.5 Å². The number of carbonyl (C=O) groups is 1. The second kappa shape index (κ2) is 5.43. The van der Waals surface area contributed by atoms with Crippen LogP contribution in [0.5, 0.6) is 0 Å². The molecule has 0 amide bonds. The van der Waals surface area contributed by atoms with Crippen LogP contribution in [0.1, 0.15) is 27.2 Å². The molecule has 0 rings (SSSR count). The van der Waals surface area contributed by atoms with Crippen LogP contribution in [0.4, 0.5) is 0 Å². The maximum absolute atomic E-state index is 11.0. The largest absolute Gasteiger partial charge is 0.461 e. The van der Waals surface area contributed by atoms with Gasteiger partial charge >= 0.3 is 5.97 Å². The lowest BCUT2D eigenvalue weighted by Crippen LogP contribution is -2.32. The Morgan fingerprint density at radius 3 is 2.54 bits per heavy atom. The highest BCUT2D eigenvalue weighted by atomic mass is 79.9. The molecule has 76 valence electrons. The van der Waals surface area contributed by atoms with Crippen LogP contribution in [0.15, 0.2) is 12.7 Å². The minimum Gasteiger partial charge on any atom is -0.461 e. The van der Waals surface area contributed by atoms with E-state index in [1.165, 1.54) is 0 Å². The minimum atomic E-state index is -0.221. The summed E-state index contributed by atoms with van der Waals surface area (Å²) in [4.78, 5) is 11.0. The number of esters is 1. The molecule has 3 heteroatoms. The van der Waals surface area contributed by atoms with Crippen molar-refractivity contribution in [3.63, 3.8) is 0 Å². The minimum absolute atomic E-state index is 0.0879. The van der Waals surface area contributed by atoms with Crippen molar-refractivity contribution in [2.75, 3.05) is 5.33 Å². The Balaban J connectivity index is 4.34. The normalized spacial score (nSPS) is 13.5. The summed E-state index contributed by atoms with van der Waals surface area (Å²) in [6.45, 7) is 9.75. The molecule has 0 fully saturated rings. The van der Waals surface area contributed by atoms with Crippen molar-refractivity contribution in [1.82, 2.24) is 0 Å². The first-order valence-corrected chi connectivity index (χ1v) is 5.49. The van der Waals surface area contributed by atoms with E-state index < -0.39 is 0 Å². The first kappa shape index (κ1) is 12.7. The van der Waals surface area contributed by atoms with Gasteiger partial charge in [0.15, 0.2) is 0 Å². The molecule has 0 radical (unpaired) electrons. The maximum atomic E-state index is 11.0. The summed E-state index contributed by atoms with van der Waals surface area (Å²) in [5.41, 5.74) is -0.160. The summed E-state index contributed by atoms with van der Waals surface area (Å²) in [6.07, 6.45) is 2.54. The molecular formula is C10H17BrO2. The second-order valence-electron chi connectivity index (χ2n) is 3.55. The lowest BCUT2D eigenvalue weighted by molar-refractivity contribution is -0.150. The highest BCUT2D eigenvalue weighted by Crippen LogP contribution is 2.26. The van der Waals surface area contributed by atoms with E-state index in [0.717, 1.165) is 6.42 Å². The average Bonchev–Trinajstić information content (AvgIpc) is 2.13. The van der Waals surface area contributed by atoms with E-state index in [9.17, 15) is 4.79 Å². The number of alkyl halides is 1. The van der Waals surface area contributed by atoms with E-state index in [0.29, 0.717) is 0 Å². The molecule has 0 aromatic carbocycles. The number of hydrogen-bond acceptors (Lipinski definition) is 2. The SMILES string of the molecule is C=CC(C)(C)[C@@H](CC)OC(=O)CBr. The number of halogens is 1. The molecule has 0 saturated heterocycles. The Bertz CT molecular complexity index is 187. The molecule has 0 unspecified atom stereocenters. The summed E-state index contributed by atoms with van der Waals surface area (Å²) in [5, 5.41) is 0.247. The molecule has 2 nitrogen and oxygen atoms in total. The molecule has 0 saturated carbocycles. The van der Waals surface area contributed by atoms with Gasteiger partial charge in [-0.1, -0.05) is 42.8 Å². The lowest BCUT2D eigenvalue weighted by Gasteiger charge is -2.29. The maximum Gasteiger partial charge on any atom is 0.316 e. The van der Waals surface area contributed by atoms with Crippen molar-refractivity contribution in [2.45, 2.75) is 33.3 Å². The highest BCUT2D eigenvalue weighted by Gasteiger charge is 2.27. The molecule has 0 aromatic heterocycles. The molecular weight excluding hydrogens is 232 g/mol. The average molecular weight is 249 g/mol. The van der Waals surface area contributed by atoms with E-state index in [1.807, 2.05) is 26.8 Å². The summed E-state index contributed by atoms with van der Waals surface area (Å²) in [6, 6.07) is 0. The molecule has 0 aliphatic rings. The molecule has 0 bridgehead atoms. The number of hydrogen-bond donors (Lipinski definition) is 0. The Morgan fingerprint density at radius 1 is 1.69 bits per heavy atom. The predicted molar refractivity (Wildman–Crippen MR) is 57.9 cm³/mol. The standard InChI is InChI=1S/C10H17BrO2/c1-5-8(10(3,4)6-2)13-9(12)7-11/h6,8H,2,5,7H2,1,3-4H3/t8-/m1/s1. The summed E-state index contributed by atoms with van der Waals surface area (Å²) in [7, 11) is 0. The molecule has 0 spiro atoms. The Labute approximate surface area is 88.5 Å². The van der Waals surface area contributed by atoms with Crippen LogP contribution in [0.25, 0.3) is 0 Å².